The SMILES string of the molecule is CC(C)(NS(C)(=O)=O)C(=O)Nc1ccc(OCC(=O)O)cc1. The molecule has 22 heavy (non-hydrogen) atoms. The van der Waals surface area contributed by atoms with Crippen LogP contribution in [0.15, 0.2) is 24.3 Å². The molecular formula is C13H18N2O6S. The maximum absolute atomic E-state index is 12.1. The summed E-state index contributed by atoms with van der Waals surface area (Å²) in [5, 5.41) is 11.1. The highest BCUT2D eigenvalue weighted by atomic mass is 32.2. The first-order chi connectivity index (χ1) is 9.99. The van der Waals surface area contributed by atoms with Crippen molar-refractivity contribution in [2.75, 3.05) is 18.2 Å². The van der Waals surface area contributed by atoms with Crippen molar-refractivity contribution in [1.82, 2.24) is 4.72 Å². The predicted octanol–water partition coefficient (Wildman–Crippen LogP) is 0.416. The molecule has 0 atom stereocenters. The molecule has 1 aromatic carbocycles. The van der Waals surface area contributed by atoms with Crippen LogP contribution in [0.2, 0.25) is 0 Å². The van der Waals surface area contributed by atoms with Gasteiger partial charge in [-0.15, -0.1) is 0 Å². The van der Waals surface area contributed by atoms with Gasteiger partial charge in [-0.05, 0) is 38.1 Å². The molecule has 0 heterocycles. The van der Waals surface area contributed by atoms with Crippen LogP contribution in [0, 0.1) is 0 Å². The average molecular weight is 330 g/mol. The van der Waals surface area contributed by atoms with Gasteiger partial charge in [-0.25, -0.2) is 17.9 Å². The number of carbonyl (C=O) groups is 2. The van der Waals surface area contributed by atoms with E-state index in [1.807, 2.05) is 0 Å². The Bertz CT molecular complexity index is 652. The molecule has 1 aromatic rings. The molecule has 0 unspecified atom stereocenters. The first-order valence-corrected chi connectivity index (χ1v) is 8.14. The summed E-state index contributed by atoms with van der Waals surface area (Å²) in [5.74, 6) is -1.28. The predicted molar refractivity (Wildman–Crippen MR) is 80.3 cm³/mol. The third-order valence-corrected chi connectivity index (χ3v) is 3.36. The van der Waals surface area contributed by atoms with Crippen LogP contribution in [-0.4, -0.2) is 43.8 Å². The van der Waals surface area contributed by atoms with Crippen molar-refractivity contribution < 1.29 is 27.9 Å². The van der Waals surface area contributed by atoms with E-state index >= 15 is 0 Å². The Kier molecular flexibility index (Phi) is 5.50. The van der Waals surface area contributed by atoms with Gasteiger partial charge in [0.15, 0.2) is 6.61 Å². The van der Waals surface area contributed by atoms with Crippen molar-refractivity contribution in [2.24, 2.45) is 0 Å². The van der Waals surface area contributed by atoms with Crippen LogP contribution in [-0.2, 0) is 19.6 Å². The highest BCUT2D eigenvalue weighted by Crippen LogP contribution is 2.17. The quantitative estimate of drug-likeness (QED) is 0.666. The Morgan fingerprint density at radius 1 is 1.23 bits per heavy atom. The van der Waals surface area contributed by atoms with Crippen LogP contribution in [0.25, 0.3) is 0 Å². The maximum atomic E-state index is 12.1. The second kappa shape index (κ2) is 6.75. The largest absolute Gasteiger partial charge is 0.482 e. The number of hydrogen-bond acceptors (Lipinski definition) is 5. The van der Waals surface area contributed by atoms with Gasteiger partial charge in [-0.2, -0.15) is 0 Å². The summed E-state index contributed by atoms with van der Waals surface area (Å²) in [6.45, 7) is 2.42. The molecule has 0 saturated heterocycles. The topological polar surface area (TPSA) is 122 Å². The second-order valence-electron chi connectivity index (χ2n) is 5.16. The molecule has 0 radical (unpaired) electrons. The van der Waals surface area contributed by atoms with E-state index in [9.17, 15) is 18.0 Å². The zero-order valence-corrected chi connectivity index (χ0v) is 13.2. The number of aliphatic carboxylic acids is 1. The van der Waals surface area contributed by atoms with Gasteiger partial charge in [0, 0.05) is 5.69 Å². The maximum Gasteiger partial charge on any atom is 0.341 e. The number of sulfonamides is 1. The number of carboxylic acid groups (broad SMARTS) is 1. The molecule has 1 amide bonds. The summed E-state index contributed by atoms with van der Waals surface area (Å²) in [6.07, 6.45) is 0.969. The molecule has 9 heteroatoms. The second-order valence-corrected chi connectivity index (χ2v) is 6.91. The Hall–Kier alpha value is -2.13. The van der Waals surface area contributed by atoms with E-state index in [-0.39, 0.29) is 0 Å². The number of anilines is 1. The van der Waals surface area contributed by atoms with Gasteiger partial charge < -0.3 is 15.2 Å². The van der Waals surface area contributed by atoms with Crippen molar-refractivity contribution >= 4 is 27.6 Å². The smallest absolute Gasteiger partial charge is 0.341 e. The highest BCUT2D eigenvalue weighted by Gasteiger charge is 2.30. The van der Waals surface area contributed by atoms with Crippen LogP contribution in [0.3, 0.4) is 0 Å². The van der Waals surface area contributed by atoms with Gasteiger partial charge in [0.1, 0.15) is 11.3 Å². The summed E-state index contributed by atoms with van der Waals surface area (Å²) < 4.78 is 29.6. The minimum atomic E-state index is -3.53. The van der Waals surface area contributed by atoms with Crippen molar-refractivity contribution in [3.8, 4) is 5.75 Å². The molecule has 0 aliphatic heterocycles. The van der Waals surface area contributed by atoms with Crippen LogP contribution in [0.5, 0.6) is 5.75 Å². The first kappa shape index (κ1) is 17.9. The van der Waals surface area contributed by atoms with Gasteiger partial charge in [0.2, 0.25) is 15.9 Å². The lowest BCUT2D eigenvalue weighted by atomic mass is 10.1. The summed E-state index contributed by atoms with van der Waals surface area (Å²) in [6, 6.07) is 6.03. The lowest BCUT2D eigenvalue weighted by Crippen LogP contribution is -2.51. The molecule has 1 rings (SSSR count). The van der Waals surface area contributed by atoms with Crippen LogP contribution >= 0.6 is 0 Å². The zero-order chi connectivity index (χ0) is 17.0. The molecule has 122 valence electrons. The van der Waals surface area contributed by atoms with Crippen LogP contribution in [0.1, 0.15) is 13.8 Å². The molecule has 0 spiro atoms. The monoisotopic (exact) mass is 330 g/mol. The Balaban J connectivity index is 2.70. The van der Waals surface area contributed by atoms with Crippen LogP contribution in [0.4, 0.5) is 5.69 Å². The molecule has 3 N–H and O–H groups in total. The lowest BCUT2D eigenvalue weighted by molar-refractivity contribution is -0.139. The third-order valence-electron chi connectivity index (χ3n) is 2.48. The van der Waals surface area contributed by atoms with E-state index in [2.05, 4.69) is 10.0 Å². The number of carboxylic acids is 1. The van der Waals surface area contributed by atoms with E-state index in [1.165, 1.54) is 38.1 Å². The van der Waals surface area contributed by atoms with Crippen molar-refractivity contribution in [2.45, 2.75) is 19.4 Å². The summed E-state index contributed by atoms with van der Waals surface area (Å²) >= 11 is 0. The van der Waals surface area contributed by atoms with E-state index in [1.54, 1.807) is 0 Å². The average Bonchev–Trinajstić information content (AvgIpc) is 2.35. The molecule has 0 aliphatic carbocycles. The third kappa shape index (κ3) is 6.10. The fraction of sp³-hybridized carbons (Fsp3) is 0.385. The van der Waals surface area contributed by atoms with Crippen molar-refractivity contribution in [3.05, 3.63) is 24.3 Å². The molecular weight excluding hydrogens is 312 g/mol. The number of rotatable bonds is 7. The van der Waals surface area contributed by atoms with Crippen molar-refractivity contribution in [1.29, 1.82) is 0 Å². The molecule has 0 fully saturated rings. The number of nitrogens with one attached hydrogen (secondary N) is 2. The molecule has 8 nitrogen and oxygen atoms in total. The van der Waals surface area contributed by atoms with Gasteiger partial charge in [-0.1, -0.05) is 0 Å². The van der Waals surface area contributed by atoms with Gasteiger partial charge >= 0.3 is 5.97 Å². The number of hydrogen-bond donors (Lipinski definition) is 3. The normalized spacial score (nSPS) is 11.8. The standard InChI is InChI=1S/C13H18N2O6S/c1-13(2,15-22(3,19)20)12(18)14-9-4-6-10(7-5-9)21-8-11(16)17/h4-7,15H,8H2,1-3H3,(H,14,18)(H,16,17). The number of benzene rings is 1. The van der Waals surface area contributed by atoms with E-state index in [0.29, 0.717) is 11.4 Å². The number of carbonyl (C=O) groups excluding carboxylic acids is 1. The molecule has 0 bridgehead atoms. The number of amides is 1. The first-order valence-electron chi connectivity index (χ1n) is 6.25. The van der Waals surface area contributed by atoms with E-state index in [0.717, 1.165) is 6.26 Å². The lowest BCUT2D eigenvalue weighted by Gasteiger charge is -2.23. The summed E-state index contributed by atoms with van der Waals surface area (Å²) in [7, 11) is -3.53. The fourth-order valence-electron chi connectivity index (χ4n) is 1.58. The van der Waals surface area contributed by atoms with Gasteiger partial charge in [-0.3, -0.25) is 4.79 Å². The van der Waals surface area contributed by atoms with Gasteiger partial charge in [0.05, 0.1) is 6.26 Å². The van der Waals surface area contributed by atoms with Gasteiger partial charge in [0.25, 0.3) is 0 Å². The Labute approximate surface area is 128 Å². The fourth-order valence-corrected chi connectivity index (χ4v) is 2.60. The van der Waals surface area contributed by atoms with Crippen molar-refractivity contribution in [3.63, 3.8) is 0 Å². The summed E-state index contributed by atoms with van der Waals surface area (Å²) in [5.41, 5.74) is -0.887. The summed E-state index contributed by atoms with van der Waals surface area (Å²) in [4.78, 5) is 22.4. The van der Waals surface area contributed by atoms with E-state index < -0.39 is 34.0 Å². The van der Waals surface area contributed by atoms with E-state index in [4.69, 9.17) is 9.84 Å². The minimum Gasteiger partial charge on any atom is -0.482 e. The molecule has 0 saturated carbocycles. The zero-order valence-electron chi connectivity index (χ0n) is 12.4. The molecule has 0 aromatic heterocycles. The Morgan fingerprint density at radius 3 is 2.23 bits per heavy atom. The minimum absolute atomic E-state index is 0.342. The number of ether oxygens (including phenoxy) is 1. The highest BCUT2D eigenvalue weighted by molar-refractivity contribution is 7.88. The molecule has 0 aliphatic rings. The van der Waals surface area contributed by atoms with Crippen LogP contribution < -0.4 is 14.8 Å². The Morgan fingerprint density at radius 2 is 1.77 bits per heavy atom.